The zero-order chi connectivity index (χ0) is 12.1. The number of hydrogen-bond acceptors (Lipinski definition) is 1. The van der Waals surface area contributed by atoms with E-state index in [-0.39, 0.29) is 4.70 Å². The van der Waals surface area contributed by atoms with Crippen LogP contribution in [0.3, 0.4) is 0 Å². The fourth-order valence-electron chi connectivity index (χ4n) is 1.30. The Kier molecular flexibility index (Phi) is 6.64. The van der Waals surface area contributed by atoms with E-state index < -0.39 is 7.54 Å². The van der Waals surface area contributed by atoms with E-state index in [0.717, 1.165) is 17.6 Å². The van der Waals surface area contributed by atoms with Crippen molar-refractivity contribution in [1.29, 1.82) is 0 Å². The molecule has 94 valence electrons. The minimum Gasteiger partial charge on any atom is -1.00 e. The van der Waals surface area contributed by atoms with Gasteiger partial charge in [0.25, 0.3) is 5.52 Å². The summed E-state index contributed by atoms with van der Waals surface area (Å²) in [7, 11) is -3.67. The third kappa shape index (κ3) is 4.26. The maximum atomic E-state index is 9.67. The van der Waals surface area contributed by atoms with Crippen molar-refractivity contribution in [1.82, 2.24) is 0 Å². The van der Waals surface area contributed by atoms with E-state index in [1.807, 2.05) is 35.8 Å². The van der Waals surface area contributed by atoms with Gasteiger partial charge in [-0.15, -0.1) is 4.57 Å². The Bertz CT molecular complexity index is 462. The van der Waals surface area contributed by atoms with E-state index in [9.17, 15) is 12.9 Å². The summed E-state index contributed by atoms with van der Waals surface area (Å²) in [6.07, 6.45) is 0. The van der Waals surface area contributed by atoms with Crippen LogP contribution in [0.2, 0.25) is 5.35 Å². The number of hydrogen-bond donors (Lipinski definition) is 0. The van der Waals surface area contributed by atoms with Gasteiger partial charge in [-0.2, -0.15) is 0 Å². The Hall–Kier alpha value is -1.24. The molecule has 0 saturated carbocycles. The van der Waals surface area contributed by atoms with Crippen LogP contribution in [0.4, 0.5) is 12.9 Å². The van der Waals surface area contributed by atoms with Crippen molar-refractivity contribution in [3.63, 3.8) is 0 Å². The van der Waals surface area contributed by atoms with Crippen LogP contribution in [0.15, 0.2) is 28.7 Å². The molecule has 2 nitrogen and oxygen atoms in total. The molecule has 1 aromatic carbocycles. The fraction of sp³-hybridized carbons (Fsp3) is 0.222. The van der Waals surface area contributed by atoms with Crippen molar-refractivity contribution in [2.24, 2.45) is 0 Å². The quantitative estimate of drug-likeness (QED) is 0.413. The molecule has 0 atom stereocenters. The summed E-state index contributed by atoms with van der Waals surface area (Å²) in [6.45, 7) is 2.86. The van der Waals surface area contributed by atoms with Gasteiger partial charge in [-0.1, -0.05) is 12.1 Å². The van der Waals surface area contributed by atoms with Gasteiger partial charge in [-0.3, -0.25) is 12.9 Å². The topological polar surface area (TPSA) is 17.0 Å². The molecule has 0 fully saturated rings. The van der Waals surface area contributed by atoms with Gasteiger partial charge in [-0.25, -0.2) is 0 Å². The Morgan fingerprint density at radius 2 is 1.82 bits per heavy atom. The zero-order valence-electron chi connectivity index (χ0n) is 8.84. The van der Waals surface area contributed by atoms with Gasteiger partial charge < -0.3 is 9.12 Å². The van der Waals surface area contributed by atoms with Gasteiger partial charge in [0.1, 0.15) is 0 Å². The summed E-state index contributed by atoms with van der Waals surface area (Å²) in [5, 5.41) is 0.443. The first-order valence-electron chi connectivity index (χ1n) is 4.55. The van der Waals surface area contributed by atoms with Gasteiger partial charge in [-0.05, 0) is 13.0 Å². The monoisotopic (exact) mass is 269 g/mol. The van der Waals surface area contributed by atoms with E-state index in [4.69, 9.17) is 16.0 Å². The highest BCUT2D eigenvalue weighted by molar-refractivity contribution is 6.33. The van der Waals surface area contributed by atoms with Crippen molar-refractivity contribution in [2.75, 3.05) is 0 Å². The molecule has 0 saturated heterocycles. The lowest BCUT2D eigenvalue weighted by molar-refractivity contribution is -0.670. The highest BCUT2D eigenvalue weighted by atomic mass is 35.5. The molecule has 0 aliphatic carbocycles. The number of nitrogens with zero attached hydrogens (tertiary/aromatic N) is 1. The summed E-state index contributed by atoms with van der Waals surface area (Å²) >= 11 is 5.86. The van der Waals surface area contributed by atoms with Gasteiger partial charge in [0.2, 0.25) is 5.58 Å². The van der Waals surface area contributed by atoms with Crippen molar-refractivity contribution < 1.29 is 26.6 Å². The minimum atomic E-state index is -3.67. The van der Waals surface area contributed by atoms with Crippen LogP contribution < -0.4 is 9.27 Å². The standard InChI is InChI=1S/C9H9ClNO.BF3.FH/c1-2-11-7-5-3-4-6-8(7)12-9(11)10;2-1(3)4;/h3-6H,2H2,1H3;;1H/q+1;;/p-1. The Morgan fingerprint density at radius 3 is 2.35 bits per heavy atom. The Morgan fingerprint density at radius 1 is 1.29 bits per heavy atom. The highest BCUT2D eigenvalue weighted by Gasteiger charge is 2.17. The minimum absolute atomic E-state index is 0. The molecule has 0 spiro atoms. The van der Waals surface area contributed by atoms with Crippen LogP contribution in [0.1, 0.15) is 6.92 Å². The number of rotatable bonds is 1. The number of oxazole rings is 1. The largest absolute Gasteiger partial charge is 1.00 e. The van der Waals surface area contributed by atoms with Crippen molar-refractivity contribution in [3.05, 3.63) is 29.6 Å². The second kappa shape index (κ2) is 7.16. The molecule has 0 N–H and O–H groups in total. The van der Waals surface area contributed by atoms with Gasteiger partial charge in [0.15, 0.2) is 6.54 Å². The SMILES string of the molecule is CC[n+]1c(Cl)oc2ccccc21.FB(F)F.[F-]. The van der Waals surface area contributed by atoms with Crippen LogP contribution in [0.5, 0.6) is 0 Å². The first-order valence-corrected chi connectivity index (χ1v) is 4.93. The molecule has 2 aromatic rings. The summed E-state index contributed by atoms with van der Waals surface area (Å²) < 4.78 is 36.2. The van der Waals surface area contributed by atoms with Crippen molar-refractivity contribution in [2.45, 2.75) is 13.5 Å². The maximum absolute atomic E-state index is 9.67. The molecule has 0 bridgehead atoms. The smallest absolute Gasteiger partial charge is 0.762 e. The molecule has 2 rings (SSSR count). The van der Waals surface area contributed by atoms with E-state index in [0.29, 0.717) is 5.35 Å². The molecule has 0 aliphatic rings. The van der Waals surface area contributed by atoms with E-state index in [2.05, 4.69) is 0 Å². The third-order valence-corrected chi connectivity index (χ3v) is 2.16. The van der Waals surface area contributed by atoms with Gasteiger partial charge in [0.05, 0.1) is 0 Å². The Labute approximate surface area is 101 Å². The molecular formula is C9H9BClF4NO. The van der Waals surface area contributed by atoms with E-state index in [1.54, 1.807) is 0 Å². The summed E-state index contributed by atoms with van der Waals surface area (Å²) in [4.78, 5) is 0. The first kappa shape index (κ1) is 15.8. The summed E-state index contributed by atoms with van der Waals surface area (Å²) in [5.41, 5.74) is 1.88. The molecule has 8 heteroatoms. The van der Waals surface area contributed by atoms with Gasteiger partial charge in [0, 0.05) is 17.7 Å². The second-order valence-electron chi connectivity index (χ2n) is 2.81. The molecule has 0 unspecified atom stereocenters. The lowest BCUT2D eigenvalue weighted by Gasteiger charge is -1.84. The average molecular weight is 269 g/mol. The predicted molar refractivity (Wildman–Crippen MR) is 56.2 cm³/mol. The number of aromatic nitrogens is 1. The number of fused-ring (bicyclic) bond motifs is 1. The first-order chi connectivity index (χ1) is 7.56. The molecule has 17 heavy (non-hydrogen) atoms. The van der Waals surface area contributed by atoms with Crippen molar-refractivity contribution in [3.8, 4) is 0 Å². The second-order valence-corrected chi connectivity index (χ2v) is 3.14. The lowest BCUT2D eigenvalue weighted by Crippen LogP contribution is -3.00. The van der Waals surface area contributed by atoms with E-state index in [1.165, 1.54) is 0 Å². The van der Waals surface area contributed by atoms with Crippen LogP contribution in [0.25, 0.3) is 11.1 Å². The molecule has 0 aliphatic heterocycles. The van der Waals surface area contributed by atoms with Gasteiger partial charge >= 0.3 is 12.9 Å². The number of para-hydroxylation sites is 2. The highest BCUT2D eigenvalue weighted by Crippen LogP contribution is 2.15. The molecular weight excluding hydrogens is 260 g/mol. The van der Waals surface area contributed by atoms with Crippen molar-refractivity contribution >= 4 is 30.2 Å². The van der Waals surface area contributed by atoms with Crippen LogP contribution in [-0.2, 0) is 6.54 Å². The molecule has 1 aromatic heterocycles. The maximum Gasteiger partial charge on any atom is 0.762 e. The van der Waals surface area contributed by atoms with E-state index >= 15 is 0 Å². The average Bonchev–Trinajstić information content (AvgIpc) is 2.52. The fourth-order valence-corrected chi connectivity index (χ4v) is 1.60. The third-order valence-electron chi connectivity index (χ3n) is 1.88. The normalized spacial score (nSPS) is 9.24. The lowest BCUT2D eigenvalue weighted by atomic mass is 10.3. The number of halogens is 5. The van der Waals surface area contributed by atoms with Crippen LogP contribution in [0, 0.1) is 0 Å². The summed E-state index contributed by atoms with van der Waals surface area (Å²) in [5.74, 6) is 0. The molecule has 0 amide bonds. The van der Waals surface area contributed by atoms with Crippen LogP contribution in [-0.4, -0.2) is 7.54 Å². The van der Waals surface area contributed by atoms with Crippen LogP contribution >= 0.6 is 11.6 Å². The number of benzene rings is 1. The predicted octanol–water partition coefficient (Wildman–Crippen LogP) is 0.277. The molecule has 0 radical (unpaired) electrons. The summed E-state index contributed by atoms with van der Waals surface area (Å²) in [6, 6.07) is 7.81. The molecule has 1 heterocycles. The Balaban J connectivity index is 0.000000453. The zero-order valence-corrected chi connectivity index (χ0v) is 9.60. The number of aryl methyl sites for hydroxylation is 1.